The van der Waals surface area contributed by atoms with Crippen molar-refractivity contribution in [1.29, 1.82) is 0 Å². The van der Waals surface area contributed by atoms with Crippen LogP contribution in [0.4, 0.5) is 0 Å². The molecule has 1 aromatic heterocycles. The van der Waals surface area contributed by atoms with E-state index in [9.17, 15) is 4.79 Å². The third-order valence-electron chi connectivity index (χ3n) is 2.76. The molecule has 0 spiro atoms. The van der Waals surface area contributed by atoms with Crippen LogP contribution in [0.2, 0.25) is 0 Å². The van der Waals surface area contributed by atoms with Crippen molar-refractivity contribution in [2.75, 3.05) is 6.54 Å². The molecule has 0 aliphatic rings. The van der Waals surface area contributed by atoms with Gasteiger partial charge in [0, 0.05) is 19.2 Å². The largest absolute Gasteiger partial charge is 0.354 e. The first-order valence-corrected chi connectivity index (χ1v) is 6.30. The quantitative estimate of drug-likeness (QED) is 0.873. The van der Waals surface area contributed by atoms with E-state index in [1.807, 2.05) is 47.3 Å². The minimum absolute atomic E-state index is 0. The fraction of sp³-hybridized carbons (Fsp3) is 0.286. The van der Waals surface area contributed by atoms with E-state index in [2.05, 4.69) is 10.4 Å². The number of para-hydroxylation sites is 1. The van der Waals surface area contributed by atoms with Crippen molar-refractivity contribution >= 4 is 18.3 Å². The van der Waals surface area contributed by atoms with E-state index in [4.69, 9.17) is 5.73 Å². The van der Waals surface area contributed by atoms with Crippen molar-refractivity contribution in [1.82, 2.24) is 15.1 Å². The molecule has 108 valence electrons. The van der Waals surface area contributed by atoms with E-state index >= 15 is 0 Å². The van der Waals surface area contributed by atoms with Gasteiger partial charge in [0.15, 0.2) is 0 Å². The van der Waals surface area contributed by atoms with Gasteiger partial charge < -0.3 is 11.1 Å². The standard InChI is InChI=1S/C14H18N4O.ClH/c1-11(15)14(19)16-9-7-12-8-10-18(17-12)13-5-3-2-4-6-13;/h2-6,8,10-11H,7,9,15H2,1H3,(H,16,19);1H/t11-;/m1./s1. The normalized spacial score (nSPS) is 11.5. The molecular formula is C14H19ClN4O. The predicted molar refractivity (Wildman–Crippen MR) is 81.2 cm³/mol. The van der Waals surface area contributed by atoms with Crippen molar-refractivity contribution in [3.05, 3.63) is 48.3 Å². The second kappa shape index (κ2) is 7.67. The molecule has 2 rings (SSSR count). The van der Waals surface area contributed by atoms with Crippen LogP contribution in [0, 0.1) is 0 Å². The molecular weight excluding hydrogens is 276 g/mol. The number of hydrogen-bond acceptors (Lipinski definition) is 3. The molecule has 0 fully saturated rings. The Morgan fingerprint density at radius 3 is 2.70 bits per heavy atom. The Labute approximate surface area is 124 Å². The van der Waals surface area contributed by atoms with Gasteiger partial charge in [0.05, 0.1) is 17.4 Å². The van der Waals surface area contributed by atoms with Gasteiger partial charge in [0.2, 0.25) is 5.91 Å². The van der Waals surface area contributed by atoms with E-state index in [1.165, 1.54) is 0 Å². The summed E-state index contributed by atoms with van der Waals surface area (Å²) in [6, 6.07) is 11.4. The fourth-order valence-electron chi connectivity index (χ4n) is 1.69. The average Bonchev–Trinajstić information content (AvgIpc) is 2.88. The summed E-state index contributed by atoms with van der Waals surface area (Å²) < 4.78 is 1.82. The number of carbonyl (C=O) groups excluding carboxylic acids is 1. The first kappa shape index (κ1) is 16.2. The van der Waals surface area contributed by atoms with Crippen LogP contribution in [0.25, 0.3) is 5.69 Å². The van der Waals surface area contributed by atoms with E-state index < -0.39 is 6.04 Å². The molecule has 2 aromatic rings. The molecule has 0 aliphatic heterocycles. The summed E-state index contributed by atoms with van der Waals surface area (Å²) in [4.78, 5) is 11.3. The van der Waals surface area contributed by atoms with Gasteiger partial charge in [-0.05, 0) is 25.1 Å². The summed E-state index contributed by atoms with van der Waals surface area (Å²) in [6.45, 7) is 2.21. The number of hydrogen-bond donors (Lipinski definition) is 2. The lowest BCUT2D eigenvalue weighted by Gasteiger charge is -2.06. The summed E-state index contributed by atoms with van der Waals surface area (Å²) in [7, 11) is 0. The smallest absolute Gasteiger partial charge is 0.236 e. The Morgan fingerprint density at radius 1 is 1.35 bits per heavy atom. The summed E-state index contributed by atoms with van der Waals surface area (Å²) in [6.07, 6.45) is 2.61. The number of halogens is 1. The Bertz CT molecular complexity index is 539. The molecule has 0 unspecified atom stereocenters. The molecule has 1 heterocycles. The molecule has 0 saturated heterocycles. The zero-order valence-corrected chi connectivity index (χ0v) is 12.1. The van der Waals surface area contributed by atoms with Crippen molar-refractivity contribution in [3.8, 4) is 5.69 Å². The number of amides is 1. The number of benzene rings is 1. The highest BCUT2D eigenvalue weighted by Crippen LogP contribution is 2.06. The van der Waals surface area contributed by atoms with Gasteiger partial charge in [-0.1, -0.05) is 18.2 Å². The number of rotatable bonds is 5. The lowest BCUT2D eigenvalue weighted by atomic mass is 10.3. The number of nitrogens with two attached hydrogens (primary N) is 1. The predicted octanol–water partition coefficient (Wildman–Crippen LogP) is 1.30. The Morgan fingerprint density at radius 2 is 2.05 bits per heavy atom. The Kier molecular flexibility index (Phi) is 6.21. The molecule has 5 nitrogen and oxygen atoms in total. The van der Waals surface area contributed by atoms with Gasteiger partial charge in [-0.15, -0.1) is 12.4 Å². The highest BCUT2D eigenvalue weighted by molar-refractivity contribution is 5.85. The molecule has 1 atom stereocenters. The molecule has 0 aliphatic carbocycles. The van der Waals surface area contributed by atoms with Gasteiger partial charge in [-0.2, -0.15) is 5.10 Å². The van der Waals surface area contributed by atoms with Crippen LogP contribution in [0.5, 0.6) is 0 Å². The Balaban J connectivity index is 0.00000200. The van der Waals surface area contributed by atoms with Crippen LogP contribution in [0.15, 0.2) is 42.6 Å². The molecule has 3 N–H and O–H groups in total. The number of aromatic nitrogens is 2. The molecule has 1 aromatic carbocycles. The van der Waals surface area contributed by atoms with Crippen LogP contribution < -0.4 is 11.1 Å². The maximum absolute atomic E-state index is 11.3. The first-order valence-electron chi connectivity index (χ1n) is 6.30. The summed E-state index contributed by atoms with van der Waals surface area (Å²) in [5.41, 5.74) is 7.42. The Hall–Kier alpha value is -1.85. The fourth-order valence-corrected chi connectivity index (χ4v) is 1.69. The topological polar surface area (TPSA) is 72.9 Å². The van der Waals surface area contributed by atoms with Crippen molar-refractivity contribution < 1.29 is 4.79 Å². The molecule has 0 saturated carbocycles. The second-order valence-corrected chi connectivity index (χ2v) is 4.42. The van der Waals surface area contributed by atoms with Gasteiger partial charge in [0.1, 0.15) is 0 Å². The van der Waals surface area contributed by atoms with Crippen molar-refractivity contribution in [2.45, 2.75) is 19.4 Å². The number of nitrogens with zero attached hydrogens (tertiary/aromatic N) is 2. The highest BCUT2D eigenvalue weighted by Gasteiger charge is 2.06. The number of carbonyl (C=O) groups is 1. The third kappa shape index (κ3) is 4.36. The van der Waals surface area contributed by atoms with E-state index in [1.54, 1.807) is 6.92 Å². The van der Waals surface area contributed by atoms with Gasteiger partial charge in [-0.25, -0.2) is 4.68 Å². The molecule has 20 heavy (non-hydrogen) atoms. The first-order chi connectivity index (χ1) is 9.16. The maximum Gasteiger partial charge on any atom is 0.236 e. The molecule has 0 radical (unpaired) electrons. The van der Waals surface area contributed by atoms with E-state index in [0.29, 0.717) is 13.0 Å². The summed E-state index contributed by atoms with van der Waals surface area (Å²) in [5.74, 6) is -0.137. The monoisotopic (exact) mass is 294 g/mol. The SMILES string of the molecule is C[C@@H](N)C(=O)NCCc1ccn(-c2ccccc2)n1.Cl. The zero-order valence-electron chi connectivity index (χ0n) is 11.3. The maximum atomic E-state index is 11.3. The van der Waals surface area contributed by atoms with Crippen molar-refractivity contribution in [3.63, 3.8) is 0 Å². The third-order valence-corrected chi connectivity index (χ3v) is 2.76. The van der Waals surface area contributed by atoms with Gasteiger partial charge in [0.25, 0.3) is 0 Å². The molecule has 1 amide bonds. The van der Waals surface area contributed by atoms with Crippen LogP contribution in [-0.4, -0.2) is 28.3 Å². The van der Waals surface area contributed by atoms with E-state index in [-0.39, 0.29) is 18.3 Å². The lowest BCUT2D eigenvalue weighted by Crippen LogP contribution is -2.39. The average molecular weight is 295 g/mol. The van der Waals surface area contributed by atoms with Crippen LogP contribution in [0.1, 0.15) is 12.6 Å². The zero-order chi connectivity index (χ0) is 13.7. The van der Waals surface area contributed by atoms with Gasteiger partial charge in [-0.3, -0.25) is 4.79 Å². The van der Waals surface area contributed by atoms with Gasteiger partial charge >= 0.3 is 0 Å². The lowest BCUT2D eigenvalue weighted by molar-refractivity contribution is -0.121. The summed E-state index contributed by atoms with van der Waals surface area (Å²) >= 11 is 0. The number of nitrogens with one attached hydrogen (secondary N) is 1. The van der Waals surface area contributed by atoms with Crippen LogP contribution >= 0.6 is 12.4 Å². The van der Waals surface area contributed by atoms with Crippen LogP contribution in [-0.2, 0) is 11.2 Å². The molecule has 0 bridgehead atoms. The van der Waals surface area contributed by atoms with Crippen molar-refractivity contribution in [2.24, 2.45) is 5.73 Å². The minimum atomic E-state index is -0.470. The van der Waals surface area contributed by atoms with E-state index in [0.717, 1.165) is 11.4 Å². The second-order valence-electron chi connectivity index (χ2n) is 4.42. The minimum Gasteiger partial charge on any atom is -0.354 e. The highest BCUT2D eigenvalue weighted by atomic mass is 35.5. The molecule has 6 heteroatoms. The van der Waals surface area contributed by atoms with Crippen LogP contribution in [0.3, 0.4) is 0 Å². The summed E-state index contributed by atoms with van der Waals surface area (Å²) in [5, 5.41) is 7.22.